The number of benzene rings is 1. The molecule has 0 aliphatic heterocycles. The predicted octanol–water partition coefficient (Wildman–Crippen LogP) is 5.08. The molecule has 2 rings (SSSR count). The van der Waals surface area contributed by atoms with E-state index in [0.29, 0.717) is 16.0 Å². The molecular weight excluding hydrogens is 396 g/mol. The van der Waals surface area contributed by atoms with E-state index in [1.165, 1.54) is 0 Å². The first-order chi connectivity index (χ1) is 9.08. The Labute approximate surface area is 135 Å². The first-order valence-electron chi connectivity index (χ1n) is 5.84. The summed E-state index contributed by atoms with van der Waals surface area (Å²) in [5.74, 6) is 1.40. The Bertz CT molecular complexity index is 590. The number of nitrogens with zero attached hydrogens (tertiary/aromatic N) is 2. The number of nitrogens with one attached hydrogen (secondary N) is 1. The van der Waals surface area contributed by atoms with Crippen LogP contribution in [-0.2, 0) is 6.42 Å². The summed E-state index contributed by atoms with van der Waals surface area (Å²) in [7, 11) is 0. The molecule has 1 aromatic heterocycles. The van der Waals surface area contributed by atoms with E-state index in [4.69, 9.17) is 23.2 Å². The highest BCUT2D eigenvalue weighted by Gasteiger charge is 2.06. The van der Waals surface area contributed by atoms with Crippen molar-refractivity contribution in [1.29, 1.82) is 0 Å². The van der Waals surface area contributed by atoms with Crippen molar-refractivity contribution in [3.05, 3.63) is 43.8 Å². The van der Waals surface area contributed by atoms with Crippen molar-refractivity contribution in [3.63, 3.8) is 0 Å². The average Bonchev–Trinajstić information content (AvgIpc) is 2.33. The lowest BCUT2D eigenvalue weighted by Crippen LogP contribution is -2.01. The fraction of sp³-hybridized carbons (Fsp3) is 0.231. The van der Waals surface area contributed by atoms with Gasteiger partial charge >= 0.3 is 0 Å². The van der Waals surface area contributed by atoms with Gasteiger partial charge in [-0.2, -0.15) is 0 Å². The minimum absolute atomic E-state index is 0.433. The summed E-state index contributed by atoms with van der Waals surface area (Å²) in [5, 5.41) is 4.26. The number of anilines is 2. The van der Waals surface area contributed by atoms with E-state index in [0.717, 1.165) is 27.9 Å². The summed E-state index contributed by atoms with van der Waals surface area (Å²) >= 11 is 14.4. The summed E-state index contributed by atoms with van der Waals surface area (Å²) in [4.78, 5) is 8.61. The Hall–Kier alpha value is -0.590. The lowest BCUT2D eigenvalue weighted by Gasteiger charge is -2.09. The van der Waals surface area contributed by atoms with Crippen LogP contribution in [0.4, 0.5) is 11.5 Å². The van der Waals surface area contributed by atoms with Crippen LogP contribution >= 0.6 is 45.8 Å². The van der Waals surface area contributed by atoms with Gasteiger partial charge in [0.25, 0.3) is 0 Å². The fourth-order valence-corrected chi connectivity index (χ4v) is 2.45. The summed E-state index contributed by atoms with van der Waals surface area (Å²) in [6.07, 6.45) is 1.78. The molecule has 0 saturated carbocycles. The standard InChI is InChI=1S/C13H12Cl2IN3/c1-2-3-12-18-11(15)7-13(19-12)17-10-6-8(16)4-5-9(10)14/h4-7H,2-3H2,1H3,(H,17,18,19). The highest BCUT2D eigenvalue weighted by atomic mass is 127. The Balaban J connectivity index is 2.29. The van der Waals surface area contributed by atoms with E-state index in [9.17, 15) is 0 Å². The Morgan fingerprint density at radius 3 is 2.74 bits per heavy atom. The molecule has 0 saturated heterocycles. The van der Waals surface area contributed by atoms with Gasteiger partial charge in [-0.15, -0.1) is 0 Å². The van der Waals surface area contributed by atoms with Crippen LogP contribution in [-0.4, -0.2) is 9.97 Å². The van der Waals surface area contributed by atoms with Crippen molar-refractivity contribution in [3.8, 4) is 0 Å². The second kappa shape index (κ2) is 6.72. The van der Waals surface area contributed by atoms with Crippen LogP contribution in [0.1, 0.15) is 19.2 Å². The van der Waals surface area contributed by atoms with Crippen LogP contribution in [0, 0.1) is 3.57 Å². The van der Waals surface area contributed by atoms with Crippen LogP contribution in [0.2, 0.25) is 10.2 Å². The zero-order valence-electron chi connectivity index (χ0n) is 10.3. The van der Waals surface area contributed by atoms with E-state index in [2.05, 4.69) is 44.8 Å². The lowest BCUT2D eigenvalue weighted by atomic mass is 10.3. The number of aromatic nitrogens is 2. The predicted molar refractivity (Wildman–Crippen MR) is 88.5 cm³/mol. The molecule has 0 bridgehead atoms. The molecule has 19 heavy (non-hydrogen) atoms. The molecular formula is C13H12Cl2IN3. The third-order valence-electron chi connectivity index (χ3n) is 2.41. The van der Waals surface area contributed by atoms with Crippen molar-refractivity contribution in [1.82, 2.24) is 9.97 Å². The molecule has 0 aliphatic rings. The maximum atomic E-state index is 6.14. The van der Waals surface area contributed by atoms with Crippen LogP contribution < -0.4 is 5.32 Å². The van der Waals surface area contributed by atoms with Crippen molar-refractivity contribution in [2.45, 2.75) is 19.8 Å². The second-order valence-corrected chi connectivity index (χ2v) is 6.03. The van der Waals surface area contributed by atoms with Crippen LogP contribution in [0.15, 0.2) is 24.3 Å². The topological polar surface area (TPSA) is 37.8 Å². The summed E-state index contributed by atoms with van der Waals surface area (Å²) in [5.41, 5.74) is 0.811. The van der Waals surface area contributed by atoms with E-state index in [-0.39, 0.29) is 0 Å². The van der Waals surface area contributed by atoms with Crippen molar-refractivity contribution >= 4 is 57.3 Å². The largest absolute Gasteiger partial charge is 0.339 e. The zero-order valence-corrected chi connectivity index (χ0v) is 13.9. The average molecular weight is 408 g/mol. The fourth-order valence-electron chi connectivity index (χ4n) is 1.60. The summed E-state index contributed by atoms with van der Waals surface area (Å²) < 4.78 is 1.10. The smallest absolute Gasteiger partial charge is 0.135 e. The van der Waals surface area contributed by atoms with Gasteiger partial charge in [-0.25, -0.2) is 9.97 Å². The first-order valence-corrected chi connectivity index (χ1v) is 7.67. The molecule has 0 atom stereocenters. The molecule has 0 spiro atoms. The van der Waals surface area contributed by atoms with Gasteiger partial charge in [0.1, 0.15) is 16.8 Å². The van der Waals surface area contributed by atoms with Gasteiger partial charge < -0.3 is 5.32 Å². The van der Waals surface area contributed by atoms with E-state index in [1.54, 1.807) is 6.07 Å². The van der Waals surface area contributed by atoms with Gasteiger partial charge in [-0.1, -0.05) is 30.1 Å². The third kappa shape index (κ3) is 4.19. The van der Waals surface area contributed by atoms with E-state index in [1.807, 2.05) is 18.2 Å². The minimum atomic E-state index is 0.433. The van der Waals surface area contributed by atoms with Crippen molar-refractivity contribution < 1.29 is 0 Å². The summed E-state index contributed by atoms with van der Waals surface area (Å²) in [6.45, 7) is 2.08. The molecule has 0 aliphatic carbocycles. The molecule has 2 aromatic rings. The number of aryl methyl sites for hydroxylation is 1. The van der Waals surface area contributed by atoms with Crippen LogP contribution in [0.5, 0.6) is 0 Å². The van der Waals surface area contributed by atoms with Gasteiger partial charge in [0.2, 0.25) is 0 Å². The third-order valence-corrected chi connectivity index (χ3v) is 3.60. The van der Waals surface area contributed by atoms with E-state index < -0.39 is 0 Å². The van der Waals surface area contributed by atoms with Crippen LogP contribution in [0.3, 0.4) is 0 Å². The number of halogens is 3. The van der Waals surface area contributed by atoms with Gasteiger partial charge in [0, 0.05) is 16.1 Å². The minimum Gasteiger partial charge on any atom is -0.339 e. The quantitative estimate of drug-likeness (QED) is 0.566. The first kappa shape index (κ1) is 14.8. The second-order valence-electron chi connectivity index (χ2n) is 3.99. The highest BCUT2D eigenvalue weighted by Crippen LogP contribution is 2.27. The Morgan fingerprint density at radius 1 is 1.21 bits per heavy atom. The summed E-state index contributed by atoms with van der Waals surface area (Å²) in [6, 6.07) is 7.44. The molecule has 1 N–H and O–H groups in total. The molecule has 0 amide bonds. The normalized spacial score (nSPS) is 10.5. The molecule has 100 valence electrons. The van der Waals surface area contributed by atoms with Crippen molar-refractivity contribution in [2.75, 3.05) is 5.32 Å². The molecule has 3 nitrogen and oxygen atoms in total. The monoisotopic (exact) mass is 407 g/mol. The Kier molecular flexibility index (Phi) is 5.24. The molecule has 0 radical (unpaired) electrons. The van der Waals surface area contributed by atoms with E-state index >= 15 is 0 Å². The van der Waals surface area contributed by atoms with Crippen LogP contribution in [0.25, 0.3) is 0 Å². The van der Waals surface area contributed by atoms with Gasteiger partial charge in [-0.05, 0) is 47.2 Å². The van der Waals surface area contributed by atoms with Crippen molar-refractivity contribution in [2.24, 2.45) is 0 Å². The number of hydrogen-bond acceptors (Lipinski definition) is 3. The maximum absolute atomic E-state index is 6.14. The number of rotatable bonds is 4. The van der Waals surface area contributed by atoms with Gasteiger partial charge in [0.15, 0.2) is 0 Å². The highest BCUT2D eigenvalue weighted by molar-refractivity contribution is 14.1. The SMILES string of the molecule is CCCc1nc(Cl)cc(Nc2cc(I)ccc2Cl)n1. The zero-order chi connectivity index (χ0) is 13.8. The molecule has 6 heteroatoms. The molecule has 1 heterocycles. The van der Waals surface area contributed by atoms with Gasteiger partial charge in [0.05, 0.1) is 10.7 Å². The lowest BCUT2D eigenvalue weighted by molar-refractivity contribution is 0.837. The maximum Gasteiger partial charge on any atom is 0.135 e. The Morgan fingerprint density at radius 2 is 2.00 bits per heavy atom. The number of hydrogen-bond donors (Lipinski definition) is 1. The molecule has 1 aromatic carbocycles. The molecule has 0 unspecified atom stereocenters. The van der Waals surface area contributed by atoms with Gasteiger partial charge in [-0.3, -0.25) is 0 Å². The molecule has 0 fully saturated rings.